The average Bonchev–Trinajstić information content (AvgIpc) is 2.39. The third-order valence-electron chi connectivity index (χ3n) is 2.95. The van der Waals surface area contributed by atoms with Crippen LogP contribution in [0.15, 0.2) is 0 Å². The van der Waals surface area contributed by atoms with Gasteiger partial charge in [0.25, 0.3) is 0 Å². The monoisotopic (exact) mass is 226 g/mol. The Morgan fingerprint density at radius 1 is 1.50 bits per heavy atom. The normalized spacial score (nSPS) is 21.7. The van der Waals surface area contributed by atoms with Gasteiger partial charge in [-0.3, -0.25) is 19.3 Å². The average molecular weight is 226 g/mol. The summed E-state index contributed by atoms with van der Waals surface area (Å²) in [5, 5.41) is 0. The lowest BCUT2D eigenvalue weighted by Gasteiger charge is -2.33. The molecule has 0 bridgehead atoms. The first kappa shape index (κ1) is 12.7. The van der Waals surface area contributed by atoms with Crippen molar-refractivity contribution >= 4 is 17.7 Å². The fourth-order valence-electron chi connectivity index (χ4n) is 2.16. The van der Waals surface area contributed by atoms with Crippen LogP contribution in [0.2, 0.25) is 0 Å². The molecule has 0 aromatic carbocycles. The summed E-state index contributed by atoms with van der Waals surface area (Å²) >= 11 is 0. The molecule has 90 valence electrons. The van der Waals surface area contributed by atoms with Gasteiger partial charge in [-0.2, -0.15) is 0 Å². The van der Waals surface area contributed by atoms with Gasteiger partial charge in [0.2, 0.25) is 17.7 Å². The number of rotatable bonds is 4. The van der Waals surface area contributed by atoms with Crippen molar-refractivity contribution in [2.24, 2.45) is 11.7 Å². The van der Waals surface area contributed by atoms with Crippen LogP contribution in [0, 0.1) is 5.92 Å². The fraction of sp³-hybridized carbons (Fsp3) is 0.727. The van der Waals surface area contributed by atoms with E-state index in [4.69, 9.17) is 5.73 Å². The Bertz CT molecular complexity index is 336. The van der Waals surface area contributed by atoms with Crippen LogP contribution >= 0.6 is 0 Å². The lowest BCUT2D eigenvalue weighted by atomic mass is 9.97. The quantitative estimate of drug-likeness (QED) is 0.706. The van der Waals surface area contributed by atoms with Crippen molar-refractivity contribution in [3.05, 3.63) is 0 Å². The highest BCUT2D eigenvalue weighted by molar-refractivity contribution is 6.04. The molecule has 1 heterocycles. The Morgan fingerprint density at radius 2 is 2.06 bits per heavy atom. The summed E-state index contributed by atoms with van der Waals surface area (Å²) in [4.78, 5) is 35.8. The van der Waals surface area contributed by atoms with Gasteiger partial charge in [-0.1, -0.05) is 6.92 Å². The van der Waals surface area contributed by atoms with Crippen molar-refractivity contribution in [1.82, 2.24) is 4.90 Å². The van der Waals surface area contributed by atoms with E-state index in [1.165, 1.54) is 4.90 Å². The van der Waals surface area contributed by atoms with E-state index >= 15 is 0 Å². The van der Waals surface area contributed by atoms with E-state index in [0.717, 1.165) is 0 Å². The molecule has 1 aliphatic heterocycles. The number of hydrogen-bond donors (Lipinski definition) is 1. The van der Waals surface area contributed by atoms with Crippen molar-refractivity contribution in [2.45, 2.75) is 45.6 Å². The summed E-state index contributed by atoms with van der Waals surface area (Å²) in [6, 6.07) is 0. The van der Waals surface area contributed by atoms with E-state index in [2.05, 4.69) is 0 Å². The highest BCUT2D eigenvalue weighted by Crippen LogP contribution is 2.30. The minimum atomic E-state index is -0.816. The molecule has 1 atom stereocenters. The van der Waals surface area contributed by atoms with Crippen LogP contribution in [0.3, 0.4) is 0 Å². The van der Waals surface area contributed by atoms with Crippen LogP contribution < -0.4 is 5.73 Å². The molecule has 1 rings (SSSR count). The summed E-state index contributed by atoms with van der Waals surface area (Å²) < 4.78 is 0. The van der Waals surface area contributed by atoms with Crippen LogP contribution in [0.1, 0.15) is 40.0 Å². The molecule has 5 nitrogen and oxygen atoms in total. The number of hydrogen-bond acceptors (Lipinski definition) is 3. The Morgan fingerprint density at radius 3 is 2.44 bits per heavy atom. The number of primary amides is 1. The second kappa shape index (κ2) is 4.23. The van der Waals surface area contributed by atoms with Gasteiger partial charge in [-0.15, -0.1) is 0 Å². The molecule has 0 aromatic heterocycles. The fourth-order valence-corrected chi connectivity index (χ4v) is 2.16. The Labute approximate surface area is 95.0 Å². The number of imide groups is 1. The van der Waals surface area contributed by atoms with E-state index in [-0.39, 0.29) is 30.6 Å². The SMILES string of the molecule is CCC1CC(=O)N(C(C)(C)CC(N)=O)C1=O. The summed E-state index contributed by atoms with van der Waals surface area (Å²) in [6.07, 6.45) is 0.895. The molecule has 0 aromatic rings. The maximum absolute atomic E-state index is 11.9. The second-order valence-corrected chi connectivity index (χ2v) is 4.83. The van der Waals surface area contributed by atoms with Crippen LogP contribution in [-0.4, -0.2) is 28.2 Å². The van der Waals surface area contributed by atoms with Gasteiger partial charge in [-0.05, 0) is 20.3 Å². The Hall–Kier alpha value is -1.39. The molecule has 0 spiro atoms. The summed E-state index contributed by atoms with van der Waals surface area (Å²) in [5.41, 5.74) is 4.30. The largest absolute Gasteiger partial charge is 0.370 e. The van der Waals surface area contributed by atoms with Crippen molar-refractivity contribution < 1.29 is 14.4 Å². The highest BCUT2D eigenvalue weighted by Gasteiger charge is 2.45. The molecule has 0 saturated carbocycles. The predicted molar refractivity (Wildman–Crippen MR) is 58.1 cm³/mol. The molecule has 16 heavy (non-hydrogen) atoms. The van der Waals surface area contributed by atoms with E-state index in [1.54, 1.807) is 13.8 Å². The van der Waals surface area contributed by atoms with E-state index in [9.17, 15) is 14.4 Å². The molecule has 1 fully saturated rings. The van der Waals surface area contributed by atoms with Gasteiger partial charge in [0, 0.05) is 18.8 Å². The van der Waals surface area contributed by atoms with Gasteiger partial charge < -0.3 is 5.73 Å². The van der Waals surface area contributed by atoms with Gasteiger partial charge >= 0.3 is 0 Å². The first-order valence-electron chi connectivity index (χ1n) is 5.44. The molecular formula is C11H18N2O3. The number of carbonyl (C=O) groups excluding carboxylic acids is 3. The standard InChI is InChI=1S/C11H18N2O3/c1-4-7-5-9(15)13(10(7)16)11(2,3)6-8(12)14/h7H,4-6H2,1-3H3,(H2,12,14). The van der Waals surface area contributed by atoms with Crippen LogP contribution in [0.25, 0.3) is 0 Å². The summed E-state index contributed by atoms with van der Waals surface area (Å²) in [6.45, 7) is 5.25. The number of nitrogens with two attached hydrogens (primary N) is 1. The molecule has 5 heteroatoms. The Kier molecular flexibility index (Phi) is 3.35. The van der Waals surface area contributed by atoms with Crippen molar-refractivity contribution in [3.63, 3.8) is 0 Å². The zero-order chi connectivity index (χ0) is 12.5. The van der Waals surface area contributed by atoms with Crippen molar-refractivity contribution in [2.75, 3.05) is 0 Å². The molecule has 2 N–H and O–H groups in total. The highest BCUT2D eigenvalue weighted by atomic mass is 16.2. The molecule has 0 aliphatic carbocycles. The summed E-state index contributed by atoms with van der Waals surface area (Å²) in [7, 11) is 0. The minimum Gasteiger partial charge on any atom is -0.370 e. The molecule has 1 saturated heterocycles. The maximum atomic E-state index is 11.9. The first-order chi connectivity index (χ1) is 7.29. The van der Waals surface area contributed by atoms with Gasteiger partial charge in [-0.25, -0.2) is 0 Å². The van der Waals surface area contributed by atoms with E-state index in [0.29, 0.717) is 6.42 Å². The molecule has 0 radical (unpaired) electrons. The molecular weight excluding hydrogens is 208 g/mol. The van der Waals surface area contributed by atoms with Crippen LogP contribution in [-0.2, 0) is 14.4 Å². The van der Waals surface area contributed by atoms with E-state index < -0.39 is 11.4 Å². The van der Waals surface area contributed by atoms with E-state index in [1.807, 2.05) is 6.92 Å². The van der Waals surface area contributed by atoms with Gasteiger partial charge in [0.1, 0.15) is 0 Å². The smallest absolute Gasteiger partial charge is 0.233 e. The summed E-state index contributed by atoms with van der Waals surface area (Å²) in [5.74, 6) is -1.13. The first-order valence-corrected chi connectivity index (χ1v) is 5.44. The maximum Gasteiger partial charge on any atom is 0.233 e. The molecule has 1 aliphatic rings. The van der Waals surface area contributed by atoms with Crippen LogP contribution in [0.5, 0.6) is 0 Å². The number of amides is 3. The topological polar surface area (TPSA) is 80.5 Å². The van der Waals surface area contributed by atoms with Gasteiger partial charge in [0.15, 0.2) is 0 Å². The lowest BCUT2D eigenvalue weighted by molar-refractivity contribution is -0.146. The zero-order valence-corrected chi connectivity index (χ0v) is 9.95. The third-order valence-corrected chi connectivity index (χ3v) is 2.95. The third kappa shape index (κ3) is 2.23. The number of nitrogens with zero attached hydrogens (tertiary/aromatic N) is 1. The van der Waals surface area contributed by atoms with Crippen molar-refractivity contribution in [3.8, 4) is 0 Å². The van der Waals surface area contributed by atoms with Crippen molar-refractivity contribution in [1.29, 1.82) is 0 Å². The second-order valence-electron chi connectivity index (χ2n) is 4.83. The minimum absolute atomic E-state index is 0.000907. The predicted octanol–water partition coefficient (Wildman–Crippen LogP) is 0.425. The number of likely N-dealkylation sites (tertiary alicyclic amines) is 1. The van der Waals surface area contributed by atoms with Gasteiger partial charge in [0.05, 0.1) is 5.54 Å². The number of carbonyl (C=O) groups is 3. The zero-order valence-electron chi connectivity index (χ0n) is 9.95. The Balaban J connectivity index is 2.91. The van der Waals surface area contributed by atoms with Crippen LogP contribution in [0.4, 0.5) is 0 Å². The molecule has 3 amide bonds. The molecule has 1 unspecified atom stereocenters. The lowest BCUT2D eigenvalue weighted by Crippen LogP contribution is -2.49.